The predicted octanol–water partition coefficient (Wildman–Crippen LogP) is 2.74. The fraction of sp³-hybridized carbons (Fsp3) is 0.455. The Kier molecular flexibility index (Phi) is 4.49. The zero-order valence-corrected chi connectivity index (χ0v) is 8.62. The van der Waals surface area contributed by atoms with E-state index < -0.39 is 13.0 Å². The average Bonchev–Trinajstić information content (AvgIpc) is 2.25. The molecule has 0 aliphatic rings. The van der Waals surface area contributed by atoms with Crippen LogP contribution in [-0.4, -0.2) is 13.0 Å². The lowest BCUT2D eigenvalue weighted by molar-refractivity contribution is 0.0812. The highest BCUT2D eigenvalue weighted by Gasteiger charge is 2.11. The SMILES string of the molecule is CCC(N)c1ccccc1OCC(F)F. The summed E-state index contributed by atoms with van der Waals surface area (Å²) in [7, 11) is 0. The van der Waals surface area contributed by atoms with E-state index in [4.69, 9.17) is 10.5 Å². The number of halogens is 2. The average molecular weight is 215 g/mol. The molecule has 0 aliphatic carbocycles. The van der Waals surface area contributed by atoms with E-state index in [2.05, 4.69) is 0 Å². The molecule has 1 unspecified atom stereocenters. The summed E-state index contributed by atoms with van der Waals surface area (Å²) in [5.41, 5.74) is 6.61. The van der Waals surface area contributed by atoms with Crippen LogP contribution in [-0.2, 0) is 0 Å². The summed E-state index contributed by atoms with van der Waals surface area (Å²) in [5.74, 6) is 0.451. The smallest absolute Gasteiger partial charge is 0.272 e. The number of para-hydroxylation sites is 1. The van der Waals surface area contributed by atoms with Crippen LogP contribution in [0.3, 0.4) is 0 Å². The van der Waals surface area contributed by atoms with E-state index in [1.54, 1.807) is 18.2 Å². The number of hydrogen-bond acceptors (Lipinski definition) is 2. The van der Waals surface area contributed by atoms with Gasteiger partial charge in [0.05, 0.1) is 0 Å². The summed E-state index contributed by atoms with van der Waals surface area (Å²) in [6, 6.07) is 6.86. The zero-order chi connectivity index (χ0) is 11.3. The minimum atomic E-state index is -2.46. The molecule has 0 spiro atoms. The van der Waals surface area contributed by atoms with Crippen molar-refractivity contribution < 1.29 is 13.5 Å². The van der Waals surface area contributed by atoms with E-state index in [-0.39, 0.29) is 6.04 Å². The maximum Gasteiger partial charge on any atom is 0.272 e. The van der Waals surface area contributed by atoms with Crippen LogP contribution in [0.15, 0.2) is 24.3 Å². The van der Waals surface area contributed by atoms with Crippen molar-refractivity contribution >= 4 is 0 Å². The molecule has 0 aliphatic heterocycles. The van der Waals surface area contributed by atoms with Crippen molar-refractivity contribution in [2.24, 2.45) is 5.73 Å². The van der Waals surface area contributed by atoms with Gasteiger partial charge in [-0.05, 0) is 12.5 Å². The van der Waals surface area contributed by atoms with Crippen molar-refractivity contribution in [3.63, 3.8) is 0 Å². The Morgan fingerprint density at radius 2 is 2.00 bits per heavy atom. The molecule has 0 fully saturated rings. The first-order valence-corrected chi connectivity index (χ1v) is 4.90. The Labute approximate surface area is 88.0 Å². The summed E-state index contributed by atoms with van der Waals surface area (Å²) in [6.07, 6.45) is -1.72. The van der Waals surface area contributed by atoms with E-state index >= 15 is 0 Å². The van der Waals surface area contributed by atoms with Gasteiger partial charge in [-0.3, -0.25) is 0 Å². The normalized spacial score (nSPS) is 12.9. The number of alkyl halides is 2. The second kappa shape index (κ2) is 5.66. The molecule has 2 N–H and O–H groups in total. The maximum atomic E-state index is 12.0. The van der Waals surface area contributed by atoms with Crippen LogP contribution in [0.2, 0.25) is 0 Å². The molecule has 0 heterocycles. The molecule has 2 nitrogen and oxygen atoms in total. The Bertz CT molecular complexity index is 304. The molecule has 0 saturated heterocycles. The topological polar surface area (TPSA) is 35.2 Å². The highest BCUT2D eigenvalue weighted by Crippen LogP contribution is 2.25. The van der Waals surface area contributed by atoms with Gasteiger partial charge in [0.2, 0.25) is 0 Å². The van der Waals surface area contributed by atoms with Crippen molar-refractivity contribution in [1.82, 2.24) is 0 Å². The van der Waals surface area contributed by atoms with Gasteiger partial charge in [0, 0.05) is 11.6 Å². The maximum absolute atomic E-state index is 12.0. The van der Waals surface area contributed by atoms with Crippen molar-refractivity contribution in [3.05, 3.63) is 29.8 Å². The summed E-state index contributed by atoms with van der Waals surface area (Å²) in [4.78, 5) is 0. The van der Waals surface area contributed by atoms with Gasteiger partial charge in [-0.25, -0.2) is 8.78 Å². The van der Waals surface area contributed by atoms with Crippen molar-refractivity contribution in [2.75, 3.05) is 6.61 Å². The third kappa shape index (κ3) is 3.47. The first kappa shape index (κ1) is 11.9. The van der Waals surface area contributed by atoms with Gasteiger partial charge in [-0.1, -0.05) is 25.1 Å². The monoisotopic (exact) mass is 215 g/mol. The zero-order valence-electron chi connectivity index (χ0n) is 8.62. The Morgan fingerprint density at radius 1 is 1.33 bits per heavy atom. The Balaban J connectivity index is 2.77. The lowest BCUT2D eigenvalue weighted by Crippen LogP contribution is -2.13. The first-order valence-electron chi connectivity index (χ1n) is 4.90. The summed E-state index contributed by atoms with van der Waals surface area (Å²) in [6.45, 7) is 1.35. The molecule has 1 aromatic rings. The van der Waals surface area contributed by atoms with E-state index in [0.717, 1.165) is 12.0 Å². The van der Waals surface area contributed by atoms with Crippen LogP contribution in [0.4, 0.5) is 8.78 Å². The lowest BCUT2D eigenvalue weighted by Gasteiger charge is -2.15. The van der Waals surface area contributed by atoms with Crippen LogP contribution in [0.25, 0.3) is 0 Å². The molecular weight excluding hydrogens is 200 g/mol. The van der Waals surface area contributed by atoms with Crippen LogP contribution in [0.1, 0.15) is 24.9 Å². The molecule has 1 aromatic carbocycles. The highest BCUT2D eigenvalue weighted by atomic mass is 19.3. The molecular formula is C11H15F2NO. The van der Waals surface area contributed by atoms with Gasteiger partial charge < -0.3 is 10.5 Å². The molecule has 0 bridgehead atoms. The largest absolute Gasteiger partial charge is 0.487 e. The first-order chi connectivity index (χ1) is 7.15. The van der Waals surface area contributed by atoms with E-state index in [9.17, 15) is 8.78 Å². The van der Waals surface area contributed by atoms with Gasteiger partial charge in [0.1, 0.15) is 12.4 Å². The van der Waals surface area contributed by atoms with Gasteiger partial charge in [-0.15, -0.1) is 0 Å². The fourth-order valence-electron chi connectivity index (χ4n) is 1.29. The molecule has 84 valence electrons. The molecule has 0 saturated carbocycles. The Morgan fingerprint density at radius 3 is 2.60 bits per heavy atom. The second-order valence-corrected chi connectivity index (χ2v) is 3.25. The minimum Gasteiger partial charge on any atom is -0.487 e. The second-order valence-electron chi connectivity index (χ2n) is 3.25. The van der Waals surface area contributed by atoms with Crippen LogP contribution >= 0.6 is 0 Å². The lowest BCUT2D eigenvalue weighted by atomic mass is 10.0. The van der Waals surface area contributed by atoms with Crippen molar-refractivity contribution in [3.8, 4) is 5.75 Å². The predicted molar refractivity (Wildman–Crippen MR) is 55.2 cm³/mol. The molecule has 0 radical (unpaired) electrons. The molecule has 1 rings (SSSR count). The molecule has 15 heavy (non-hydrogen) atoms. The standard InChI is InChI=1S/C11H15F2NO/c1-2-9(14)8-5-3-4-6-10(8)15-7-11(12)13/h3-6,9,11H,2,7,14H2,1H3. The summed E-state index contributed by atoms with van der Waals surface area (Å²) >= 11 is 0. The highest BCUT2D eigenvalue weighted by molar-refractivity contribution is 5.35. The van der Waals surface area contributed by atoms with Gasteiger partial charge in [0.25, 0.3) is 6.43 Å². The van der Waals surface area contributed by atoms with Crippen LogP contribution in [0.5, 0.6) is 5.75 Å². The van der Waals surface area contributed by atoms with Gasteiger partial charge in [0.15, 0.2) is 0 Å². The fourth-order valence-corrected chi connectivity index (χ4v) is 1.29. The quantitative estimate of drug-likeness (QED) is 0.819. The summed E-state index contributed by atoms with van der Waals surface area (Å²) < 4.78 is 28.9. The van der Waals surface area contributed by atoms with E-state index in [1.165, 1.54) is 0 Å². The van der Waals surface area contributed by atoms with E-state index in [1.807, 2.05) is 13.0 Å². The number of benzene rings is 1. The Hall–Kier alpha value is -1.16. The van der Waals surface area contributed by atoms with Crippen molar-refractivity contribution in [1.29, 1.82) is 0 Å². The van der Waals surface area contributed by atoms with Crippen LogP contribution in [0, 0.1) is 0 Å². The van der Waals surface area contributed by atoms with Gasteiger partial charge >= 0.3 is 0 Å². The van der Waals surface area contributed by atoms with E-state index in [0.29, 0.717) is 5.75 Å². The molecule has 1 atom stereocenters. The minimum absolute atomic E-state index is 0.168. The number of hydrogen-bond donors (Lipinski definition) is 1. The molecule has 4 heteroatoms. The number of rotatable bonds is 5. The van der Waals surface area contributed by atoms with Gasteiger partial charge in [-0.2, -0.15) is 0 Å². The molecule has 0 amide bonds. The third-order valence-electron chi connectivity index (χ3n) is 2.12. The summed E-state index contributed by atoms with van der Waals surface area (Å²) in [5, 5.41) is 0. The third-order valence-corrected chi connectivity index (χ3v) is 2.12. The molecule has 0 aromatic heterocycles. The number of ether oxygens (including phenoxy) is 1. The number of nitrogens with two attached hydrogens (primary N) is 1. The van der Waals surface area contributed by atoms with Crippen LogP contribution < -0.4 is 10.5 Å². The van der Waals surface area contributed by atoms with Crippen molar-refractivity contribution in [2.45, 2.75) is 25.8 Å².